The molecular weight excluding hydrogens is 256 g/mol. The van der Waals surface area contributed by atoms with E-state index >= 15 is 0 Å². The predicted octanol–water partition coefficient (Wildman–Crippen LogP) is 1.32. The summed E-state index contributed by atoms with van der Waals surface area (Å²) in [6, 6.07) is 6.65. The second kappa shape index (κ2) is 5.94. The number of piperazine rings is 1. The maximum atomic E-state index is 12.4. The number of benzene rings is 1. The Balaban J connectivity index is 2.25. The van der Waals surface area contributed by atoms with Gasteiger partial charge in [0.25, 0.3) is 0 Å². The molecule has 1 aromatic carbocycles. The number of hydrogen-bond acceptors (Lipinski definition) is 3. The van der Waals surface area contributed by atoms with Crippen molar-refractivity contribution >= 4 is 11.8 Å². The third kappa shape index (κ3) is 2.61. The molecule has 2 atom stereocenters. The van der Waals surface area contributed by atoms with Crippen molar-refractivity contribution in [1.29, 1.82) is 0 Å². The van der Waals surface area contributed by atoms with Crippen molar-refractivity contribution in [2.75, 3.05) is 7.11 Å². The van der Waals surface area contributed by atoms with Gasteiger partial charge in [0.05, 0.1) is 13.7 Å². The number of hydrogen-bond donors (Lipinski definition) is 1. The Kier molecular flexibility index (Phi) is 4.27. The van der Waals surface area contributed by atoms with Crippen LogP contribution in [0.5, 0.6) is 5.75 Å². The molecule has 5 nitrogen and oxygen atoms in total. The first-order valence-electron chi connectivity index (χ1n) is 6.81. The van der Waals surface area contributed by atoms with E-state index in [2.05, 4.69) is 5.32 Å². The van der Waals surface area contributed by atoms with Crippen LogP contribution in [0.4, 0.5) is 0 Å². The van der Waals surface area contributed by atoms with E-state index in [1.165, 1.54) is 0 Å². The summed E-state index contributed by atoms with van der Waals surface area (Å²) in [5.41, 5.74) is 0.903. The molecule has 1 aliphatic rings. The summed E-state index contributed by atoms with van der Waals surface area (Å²) in [5, 5.41) is 2.75. The monoisotopic (exact) mass is 276 g/mol. The molecule has 20 heavy (non-hydrogen) atoms. The molecule has 0 saturated carbocycles. The molecule has 2 amide bonds. The fourth-order valence-corrected chi connectivity index (χ4v) is 2.40. The average molecular weight is 276 g/mol. The lowest BCUT2D eigenvalue weighted by Gasteiger charge is -2.37. The number of nitrogens with zero attached hydrogens (tertiary/aromatic N) is 1. The summed E-state index contributed by atoms with van der Waals surface area (Å²) >= 11 is 0. The van der Waals surface area contributed by atoms with Crippen molar-refractivity contribution in [2.24, 2.45) is 0 Å². The fourth-order valence-electron chi connectivity index (χ4n) is 2.40. The van der Waals surface area contributed by atoms with E-state index in [0.717, 1.165) is 11.3 Å². The van der Waals surface area contributed by atoms with Crippen LogP contribution in [0.3, 0.4) is 0 Å². The van der Waals surface area contributed by atoms with Crippen LogP contribution in [0.25, 0.3) is 0 Å². The Morgan fingerprint density at radius 1 is 1.30 bits per heavy atom. The van der Waals surface area contributed by atoms with Gasteiger partial charge in [-0.2, -0.15) is 0 Å². The van der Waals surface area contributed by atoms with Crippen LogP contribution in [0.1, 0.15) is 25.8 Å². The summed E-state index contributed by atoms with van der Waals surface area (Å²) < 4.78 is 5.30. The van der Waals surface area contributed by atoms with Crippen LogP contribution in [-0.2, 0) is 16.1 Å². The summed E-state index contributed by atoms with van der Waals surface area (Å²) in [6.45, 7) is 4.02. The largest absolute Gasteiger partial charge is 0.496 e. The summed E-state index contributed by atoms with van der Waals surface area (Å²) in [4.78, 5) is 25.9. The van der Waals surface area contributed by atoms with Crippen molar-refractivity contribution in [2.45, 2.75) is 38.9 Å². The van der Waals surface area contributed by atoms with Crippen LogP contribution in [-0.4, -0.2) is 35.9 Å². The summed E-state index contributed by atoms with van der Waals surface area (Å²) in [5.74, 6) is 0.586. The minimum absolute atomic E-state index is 0.0366. The van der Waals surface area contributed by atoms with Gasteiger partial charge in [0.2, 0.25) is 11.8 Å². The molecule has 5 heteroatoms. The van der Waals surface area contributed by atoms with Crippen molar-refractivity contribution in [3.05, 3.63) is 29.8 Å². The molecule has 1 heterocycles. The van der Waals surface area contributed by atoms with Crippen LogP contribution in [0.15, 0.2) is 24.3 Å². The van der Waals surface area contributed by atoms with E-state index in [1.54, 1.807) is 18.9 Å². The van der Waals surface area contributed by atoms with Gasteiger partial charge in [0.1, 0.15) is 17.8 Å². The number of ether oxygens (including phenoxy) is 1. The fraction of sp³-hybridized carbons (Fsp3) is 0.467. The zero-order valence-electron chi connectivity index (χ0n) is 12.1. The number of nitrogens with one attached hydrogen (secondary N) is 1. The van der Waals surface area contributed by atoms with Crippen molar-refractivity contribution in [3.63, 3.8) is 0 Å². The smallest absolute Gasteiger partial charge is 0.246 e. The zero-order valence-corrected chi connectivity index (χ0v) is 12.1. The Hall–Kier alpha value is -2.04. The van der Waals surface area contributed by atoms with Crippen molar-refractivity contribution < 1.29 is 14.3 Å². The lowest BCUT2D eigenvalue weighted by Crippen LogP contribution is -2.61. The van der Waals surface area contributed by atoms with E-state index in [0.29, 0.717) is 13.0 Å². The Bertz CT molecular complexity index is 516. The second-order valence-corrected chi connectivity index (χ2v) is 4.92. The van der Waals surface area contributed by atoms with Gasteiger partial charge >= 0.3 is 0 Å². The van der Waals surface area contributed by atoms with Crippen LogP contribution < -0.4 is 10.1 Å². The Labute approximate surface area is 118 Å². The molecule has 1 aliphatic heterocycles. The summed E-state index contributed by atoms with van der Waals surface area (Å²) in [7, 11) is 1.60. The number of rotatable bonds is 4. The highest BCUT2D eigenvalue weighted by Crippen LogP contribution is 2.22. The minimum atomic E-state index is -0.463. The van der Waals surface area contributed by atoms with Crippen LogP contribution in [0, 0.1) is 0 Å². The van der Waals surface area contributed by atoms with Crippen molar-refractivity contribution in [3.8, 4) is 5.75 Å². The first-order valence-corrected chi connectivity index (χ1v) is 6.81. The Morgan fingerprint density at radius 2 is 2.00 bits per heavy atom. The van der Waals surface area contributed by atoms with Gasteiger partial charge < -0.3 is 15.0 Å². The molecule has 1 N–H and O–H groups in total. The first kappa shape index (κ1) is 14.4. The standard InChI is InChI=1S/C15H20N2O3/c1-4-12-15(19)17(10(2)14(18)16-12)9-11-7-5-6-8-13(11)20-3/h5-8,10,12H,4,9H2,1-3H3,(H,16,18). The highest BCUT2D eigenvalue weighted by atomic mass is 16.5. The van der Waals surface area contributed by atoms with E-state index < -0.39 is 12.1 Å². The van der Waals surface area contributed by atoms with Gasteiger partial charge in [0.15, 0.2) is 0 Å². The summed E-state index contributed by atoms with van der Waals surface area (Å²) in [6.07, 6.45) is 0.597. The molecule has 0 bridgehead atoms. The second-order valence-electron chi connectivity index (χ2n) is 4.92. The maximum Gasteiger partial charge on any atom is 0.246 e. The van der Waals surface area contributed by atoms with E-state index in [9.17, 15) is 9.59 Å². The SMILES string of the molecule is CCC1NC(=O)C(C)N(Cc2ccccc2OC)C1=O. The van der Waals surface area contributed by atoms with E-state index in [-0.39, 0.29) is 11.8 Å². The molecule has 2 rings (SSSR count). The van der Waals surface area contributed by atoms with Crippen LogP contribution >= 0.6 is 0 Å². The number of carbonyl (C=O) groups is 2. The highest BCUT2D eigenvalue weighted by Gasteiger charge is 2.37. The zero-order chi connectivity index (χ0) is 14.7. The third-order valence-electron chi connectivity index (χ3n) is 3.69. The predicted molar refractivity (Wildman–Crippen MR) is 75.2 cm³/mol. The van der Waals surface area contributed by atoms with Gasteiger partial charge in [-0.25, -0.2) is 0 Å². The average Bonchev–Trinajstić information content (AvgIpc) is 2.47. The lowest BCUT2D eigenvalue weighted by atomic mass is 10.0. The normalized spacial score (nSPS) is 22.6. The molecule has 1 fully saturated rings. The maximum absolute atomic E-state index is 12.4. The molecule has 1 saturated heterocycles. The molecule has 0 aromatic heterocycles. The quantitative estimate of drug-likeness (QED) is 0.902. The van der Waals surface area contributed by atoms with Crippen molar-refractivity contribution in [1.82, 2.24) is 10.2 Å². The van der Waals surface area contributed by atoms with Gasteiger partial charge in [-0.1, -0.05) is 25.1 Å². The molecule has 1 aromatic rings. The molecule has 0 aliphatic carbocycles. The Morgan fingerprint density at radius 3 is 2.65 bits per heavy atom. The highest BCUT2D eigenvalue weighted by molar-refractivity contribution is 5.96. The van der Waals surface area contributed by atoms with Crippen LogP contribution in [0.2, 0.25) is 0 Å². The molecule has 108 valence electrons. The minimum Gasteiger partial charge on any atom is -0.496 e. The number of amides is 2. The van der Waals surface area contributed by atoms with Gasteiger partial charge in [-0.15, -0.1) is 0 Å². The number of para-hydroxylation sites is 1. The molecule has 0 spiro atoms. The topological polar surface area (TPSA) is 58.6 Å². The molecule has 0 radical (unpaired) electrons. The van der Waals surface area contributed by atoms with E-state index in [4.69, 9.17) is 4.74 Å². The number of carbonyl (C=O) groups excluding carboxylic acids is 2. The van der Waals surface area contributed by atoms with Gasteiger partial charge in [0, 0.05) is 5.56 Å². The third-order valence-corrected chi connectivity index (χ3v) is 3.69. The molecular formula is C15H20N2O3. The van der Waals surface area contributed by atoms with Gasteiger partial charge in [-0.05, 0) is 19.4 Å². The number of methoxy groups -OCH3 is 1. The lowest BCUT2D eigenvalue weighted by molar-refractivity contribution is -0.149. The van der Waals surface area contributed by atoms with E-state index in [1.807, 2.05) is 31.2 Å². The first-order chi connectivity index (χ1) is 9.58. The van der Waals surface area contributed by atoms with Gasteiger partial charge in [-0.3, -0.25) is 9.59 Å². The molecule has 2 unspecified atom stereocenters.